The highest BCUT2D eigenvalue weighted by Crippen LogP contribution is 2.31. The minimum Gasteiger partial charge on any atom is -0.337 e. The number of aryl methyl sites for hydroxylation is 1. The fraction of sp³-hybridized carbons (Fsp3) is 0.667. The molecule has 14 heavy (non-hydrogen) atoms. The lowest BCUT2D eigenvalue weighted by Crippen LogP contribution is -2.30. The van der Waals surface area contributed by atoms with E-state index in [2.05, 4.69) is 4.98 Å². The molecule has 1 saturated heterocycles. The maximum Gasteiger partial charge on any atom is 0.126 e. The van der Waals surface area contributed by atoms with Crippen LogP contribution in [0.2, 0.25) is 0 Å². The molecule has 0 bridgehead atoms. The van der Waals surface area contributed by atoms with Gasteiger partial charge in [-0.05, 0) is 0 Å². The molecule has 1 aliphatic rings. The average molecular weight is 229 g/mol. The van der Waals surface area contributed by atoms with Crippen molar-refractivity contribution in [1.29, 1.82) is 0 Å². The van der Waals surface area contributed by atoms with Crippen LogP contribution in [0.3, 0.4) is 0 Å². The smallest absolute Gasteiger partial charge is 0.126 e. The van der Waals surface area contributed by atoms with E-state index in [-0.39, 0.29) is 6.04 Å². The van der Waals surface area contributed by atoms with Crippen molar-refractivity contribution in [3.8, 4) is 0 Å². The second-order valence-corrected chi connectivity index (χ2v) is 5.90. The normalized spacial score (nSPS) is 24.9. The zero-order chi connectivity index (χ0) is 9.97. The van der Waals surface area contributed by atoms with Crippen molar-refractivity contribution in [1.82, 2.24) is 9.55 Å². The summed E-state index contributed by atoms with van der Waals surface area (Å²) in [5.41, 5.74) is 6.20. The Morgan fingerprint density at radius 3 is 3.07 bits per heavy atom. The van der Waals surface area contributed by atoms with Crippen LogP contribution in [-0.2, 0) is 7.05 Å². The fourth-order valence-electron chi connectivity index (χ4n) is 1.58. The van der Waals surface area contributed by atoms with E-state index in [0.717, 1.165) is 11.6 Å². The molecule has 1 aliphatic heterocycles. The van der Waals surface area contributed by atoms with Crippen LogP contribution >= 0.6 is 23.5 Å². The number of thioether (sulfide) groups is 2. The third-order valence-electron chi connectivity index (χ3n) is 2.40. The van der Waals surface area contributed by atoms with E-state index in [4.69, 9.17) is 5.73 Å². The molecular weight excluding hydrogens is 214 g/mol. The number of hydrogen-bond donors (Lipinski definition) is 1. The first kappa shape index (κ1) is 10.4. The van der Waals surface area contributed by atoms with Crippen molar-refractivity contribution >= 4 is 23.5 Å². The average Bonchev–Trinajstić information content (AvgIpc) is 2.65. The molecule has 0 saturated carbocycles. The molecule has 2 unspecified atom stereocenters. The third kappa shape index (κ3) is 2.10. The molecular formula is C9H15N3S2. The number of nitrogens with two attached hydrogens (primary N) is 1. The van der Waals surface area contributed by atoms with Gasteiger partial charge in [-0.25, -0.2) is 4.98 Å². The molecule has 2 heterocycles. The lowest BCUT2D eigenvalue weighted by atomic mass is 10.2. The van der Waals surface area contributed by atoms with Gasteiger partial charge in [-0.15, -0.1) is 0 Å². The number of hydrogen-bond acceptors (Lipinski definition) is 4. The van der Waals surface area contributed by atoms with Crippen LogP contribution in [0.5, 0.6) is 0 Å². The lowest BCUT2D eigenvalue weighted by Gasteiger charge is -2.26. The maximum atomic E-state index is 6.20. The molecule has 1 aromatic rings. The van der Waals surface area contributed by atoms with E-state index in [1.54, 1.807) is 0 Å². The fourth-order valence-corrected chi connectivity index (χ4v) is 4.35. The number of nitrogens with zero attached hydrogens (tertiary/aromatic N) is 2. The predicted molar refractivity (Wildman–Crippen MR) is 63.7 cm³/mol. The van der Waals surface area contributed by atoms with E-state index in [9.17, 15) is 0 Å². The van der Waals surface area contributed by atoms with Crippen molar-refractivity contribution in [3.05, 3.63) is 18.2 Å². The Hall–Kier alpha value is -0.130. The molecule has 3 nitrogen and oxygen atoms in total. The van der Waals surface area contributed by atoms with Gasteiger partial charge in [-0.3, -0.25) is 0 Å². The van der Waals surface area contributed by atoms with E-state index < -0.39 is 0 Å². The van der Waals surface area contributed by atoms with Crippen molar-refractivity contribution in [2.75, 3.05) is 17.3 Å². The lowest BCUT2D eigenvalue weighted by molar-refractivity contribution is 0.632. The SMILES string of the molecule is Cn1ccnc1C(N)C1CSCCS1. The van der Waals surface area contributed by atoms with Crippen LogP contribution < -0.4 is 5.73 Å². The van der Waals surface area contributed by atoms with Crippen LogP contribution in [0, 0.1) is 0 Å². The minimum absolute atomic E-state index is 0.0767. The van der Waals surface area contributed by atoms with Gasteiger partial charge in [0.25, 0.3) is 0 Å². The molecule has 5 heteroatoms. The Morgan fingerprint density at radius 1 is 1.64 bits per heavy atom. The second kappa shape index (κ2) is 4.59. The van der Waals surface area contributed by atoms with Crippen molar-refractivity contribution < 1.29 is 0 Å². The molecule has 0 aliphatic carbocycles. The second-order valence-electron chi connectivity index (χ2n) is 3.41. The number of rotatable bonds is 2. The van der Waals surface area contributed by atoms with Gasteiger partial charge in [0.05, 0.1) is 6.04 Å². The summed E-state index contributed by atoms with van der Waals surface area (Å²) >= 11 is 3.98. The predicted octanol–water partition coefficient (Wildman–Crippen LogP) is 1.27. The summed E-state index contributed by atoms with van der Waals surface area (Å²) in [6, 6.07) is 0.0767. The Bertz CT molecular complexity index is 294. The van der Waals surface area contributed by atoms with E-state index >= 15 is 0 Å². The highest BCUT2D eigenvalue weighted by Gasteiger charge is 2.25. The molecule has 2 atom stereocenters. The van der Waals surface area contributed by atoms with Gasteiger partial charge in [-0.2, -0.15) is 23.5 Å². The Labute approximate surface area is 92.8 Å². The summed E-state index contributed by atoms with van der Waals surface area (Å²) in [6.07, 6.45) is 3.77. The number of imidazole rings is 1. The van der Waals surface area contributed by atoms with Crippen LogP contribution in [-0.4, -0.2) is 32.1 Å². The van der Waals surface area contributed by atoms with E-state index in [1.807, 2.05) is 47.5 Å². The van der Waals surface area contributed by atoms with Crippen molar-refractivity contribution in [2.45, 2.75) is 11.3 Å². The molecule has 1 fully saturated rings. The van der Waals surface area contributed by atoms with Crippen LogP contribution in [0.25, 0.3) is 0 Å². The highest BCUT2D eigenvalue weighted by molar-refractivity contribution is 8.06. The summed E-state index contributed by atoms with van der Waals surface area (Å²) in [4.78, 5) is 4.31. The van der Waals surface area contributed by atoms with Gasteiger partial charge in [0.2, 0.25) is 0 Å². The first-order chi connectivity index (χ1) is 6.79. The molecule has 2 rings (SSSR count). The third-order valence-corrected chi connectivity index (χ3v) is 5.28. The van der Waals surface area contributed by atoms with Gasteiger partial charge < -0.3 is 10.3 Å². The van der Waals surface area contributed by atoms with E-state index in [1.165, 1.54) is 11.5 Å². The van der Waals surface area contributed by atoms with Gasteiger partial charge in [0, 0.05) is 41.9 Å². The topological polar surface area (TPSA) is 43.8 Å². The zero-order valence-corrected chi connectivity index (χ0v) is 9.85. The minimum atomic E-state index is 0.0767. The monoisotopic (exact) mass is 229 g/mol. The maximum absolute atomic E-state index is 6.20. The summed E-state index contributed by atoms with van der Waals surface area (Å²) in [5, 5.41) is 0.523. The van der Waals surface area contributed by atoms with Gasteiger partial charge in [-0.1, -0.05) is 0 Å². The highest BCUT2D eigenvalue weighted by atomic mass is 32.2. The first-order valence-electron chi connectivity index (χ1n) is 4.71. The first-order valence-corrected chi connectivity index (χ1v) is 6.91. The van der Waals surface area contributed by atoms with Crippen LogP contribution in [0.15, 0.2) is 12.4 Å². The molecule has 0 radical (unpaired) electrons. The van der Waals surface area contributed by atoms with Crippen LogP contribution in [0.4, 0.5) is 0 Å². The Morgan fingerprint density at radius 2 is 2.50 bits per heavy atom. The molecule has 78 valence electrons. The molecule has 2 N–H and O–H groups in total. The number of aromatic nitrogens is 2. The summed E-state index contributed by atoms with van der Waals surface area (Å²) in [7, 11) is 2.00. The quantitative estimate of drug-likeness (QED) is 0.829. The van der Waals surface area contributed by atoms with Crippen molar-refractivity contribution in [3.63, 3.8) is 0 Å². The molecule has 1 aromatic heterocycles. The molecule has 0 amide bonds. The Kier molecular flexibility index (Phi) is 3.41. The molecule has 0 spiro atoms. The van der Waals surface area contributed by atoms with Gasteiger partial charge in [0.1, 0.15) is 5.82 Å². The standard InChI is InChI=1S/C9H15N3S2/c1-12-3-2-11-9(12)8(10)7-6-13-4-5-14-7/h2-3,7-8H,4-6,10H2,1H3. The largest absolute Gasteiger partial charge is 0.337 e. The van der Waals surface area contributed by atoms with E-state index in [0.29, 0.717) is 5.25 Å². The Balaban J connectivity index is 2.07. The van der Waals surface area contributed by atoms with Gasteiger partial charge in [0.15, 0.2) is 0 Å². The molecule has 0 aromatic carbocycles. The zero-order valence-electron chi connectivity index (χ0n) is 8.22. The summed E-state index contributed by atoms with van der Waals surface area (Å²) in [5.74, 6) is 4.63. The summed E-state index contributed by atoms with van der Waals surface area (Å²) in [6.45, 7) is 0. The summed E-state index contributed by atoms with van der Waals surface area (Å²) < 4.78 is 2.02. The van der Waals surface area contributed by atoms with Crippen LogP contribution in [0.1, 0.15) is 11.9 Å². The van der Waals surface area contributed by atoms with Gasteiger partial charge >= 0.3 is 0 Å². The van der Waals surface area contributed by atoms with Crippen molar-refractivity contribution in [2.24, 2.45) is 12.8 Å².